The molecule has 0 fully saturated rings. The molecule has 1 aromatic heterocycles. The fourth-order valence-electron chi connectivity index (χ4n) is 3.85. The third-order valence-electron chi connectivity index (χ3n) is 5.37. The number of benzene rings is 2. The minimum atomic E-state index is -0.248. The average molecular weight is 378 g/mol. The molecule has 1 heterocycles. The SMILES string of the molecule is CCc1c(C)c(C(=O)N(C)Cc2ccccc2)n(Cc2ccccc2F)c1C. The van der Waals surface area contributed by atoms with E-state index in [9.17, 15) is 9.18 Å². The van der Waals surface area contributed by atoms with Crippen molar-refractivity contribution in [2.24, 2.45) is 0 Å². The van der Waals surface area contributed by atoms with Crippen LogP contribution in [0.15, 0.2) is 54.6 Å². The molecule has 146 valence electrons. The number of nitrogens with zero attached hydrogens (tertiary/aromatic N) is 2. The van der Waals surface area contributed by atoms with Gasteiger partial charge in [-0.05, 0) is 43.0 Å². The third kappa shape index (κ3) is 3.86. The number of carbonyl (C=O) groups excluding carboxylic acids is 1. The van der Waals surface area contributed by atoms with Gasteiger partial charge in [0, 0.05) is 24.8 Å². The van der Waals surface area contributed by atoms with Gasteiger partial charge in [-0.25, -0.2) is 4.39 Å². The second-order valence-corrected chi connectivity index (χ2v) is 7.22. The van der Waals surface area contributed by atoms with Crippen molar-refractivity contribution in [3.05, 3.63) is 94.1 Å². The van der Waals surface area contributed by atoms with Crippen LogP contribution in [-0.2, 0) is 19.5 Å². The third-order valence-corrected chi connectivity index (χ3v) is 5.37. The highest BCUT2D eigenvalue weighted by molar-refractivity contribution is 5.94. The monoisotopic (exact) mass is 378 g/mol. The lowest BCUT2D eigenvalue weighted by molar-refractivity contribution is 0.0773. The first-order valence-corrected chi connectivity index (χ1v) is 9.65. The first-order valence-electron chi connectivity index (χ1n) is 9.65. The summed E-state index contributed by atoms with van der Waals surface area (Å²) in [6, 6.07) is 16.7. The molecule has 1 amide bonds. The van der Waals surface area contributed by atoms with Crippen LogP contribution < -0.4 is 0 Å². The van der Waals surface area contributed by atoms with Gasteiger partial charge < -0.3 is 9.47 Å². The maximum Gasteiger partial charge on any atom is 0.270 e. The molecule has 0 aliphatic rings. The van der Waals surface area contributed by atoms with E-state index in [1.165, 1.54) is 6.07 Å². The van der Waals surface area contributed by atoms with Gasteiger partial charge >= 0.3 is 0 Å². The predicted molar refractivity (Wildman–Crippen MR) is 111 cm³/mol. The van der Waals surface area contributed by atoms with Gasteiger partial charge in [-0.2, -0.15) is 0 Å². The first-order chi connectivity index (χ1) is 13.4. The summed E-state index contributed by atoms with van der Waals surface area (Å²) < 4.78 is 16.2. The van der Waals surface area contributed by atoms with Crippen LogP contribution in [0, 0.1) is 19.7 Å². The summed E-state index contributed by atoms with van der Waals surface area (Å²) in [4.78, 5) is 15.1. The molecule has 0 bridgehead atoms. The molecule has 2 aromatic carbocycles. The zero-order valence-corrected chi connectivity index (χ0v) is 17.0. The topological polar surface area (TPSA) is 25.2 Å². The van der Waals surface area contributed by atoms with E-state index in [0.717, 1.165) is 28.8 Å². The minimum Gasteiger partial charge on any atom is -0.336 e. The molecule has 3 rings (SSSR count). The average Bonchev–Trinajstić information content (AvgIpc) is 2.93. The van der Waals surface area contributed by atoms with Gasteiger partial charge in [-0.15, -0.1) is 0 Å². The predicted octanol–water partition coefficient (Wildman–Crippen LogP) is 5.13. The molecule has 0 unspecified atom stereocenters. The van der Waals surface area contributed by atoms with Gasteiger partial charge in [0.2, 0.25) is 0 Å². The molecule has 0 radical (unpaired) electrons. The molecule has 0 aliphatic heterocycles. The number of aromatic nitrogens is 1. The van der Waals surface area contributed by atoms with Crippen LogP contribution in [0.2, 0.25) is 0 Å². The molecule has 0 atom stereocenters. The van der Waals surface area contributed by atoms with E-state index >= 15 is 0 Å². The fourth-order valence-corrected chi connectivity index (χ4v) is 3.85. The van der Waals surface area contributed by atoms with E-state index in [4.69, 9.17) is 0 Å². The van der Waals surface area contributed by atoms with Crippen molar-refractivity contribution in [1.29, 1.82) is 0 Å². The minimum absolute atomic E-state index is 0.0412. The van der Waals surface area contributed by atoms with Gasteiger partial charge in [0.25, 0.3) is 5.91 Å². The van der Waals surface area contributed by atoms with E-state index in [1.807, 2.05) is 61.9 Å². The van der Waals surface area contributed by atoms with Gasteiger partial charge in [0.15, 0.2) is 0 Å². The zero-order valence-electron chi connectivity index (χ0n) is 17.0. The van der Waals surface area contributed by atoms with E-state index in [0.29, 0.717) is 24.3 Å². The number of rotatable bonds is 6. The van der Waals surface area contributed by atoms with E-state index < -0.39 is 0 Å². The Morgan fingerprint density at radius 1 is 1.04 bits per heavy atom. The standard InChI is InChI=1S/C24H27FN2O/c1-5-21-17(2)23(24(28)26(4)15-19-11-7-6-8-12-19)27(18(21)3)16-20-13-9-10-14-22(20)25/h6-14H,5,15-16H2,1-4H3. The summed E-state index contributed by atoms with van der Waals surface area (Å²) in [5.74, 6) is -0.289. The summed E-state index contributed by atoms with van der Waals surface area (Å²) in [7, 11) is 1.82. The smallest absolute Gasteiger partial charge is 0.270 e. The first kappa shape index (κ1) is 19.9. The number of amides is 1. The maximum atomic E-state index is 14.3. The number of carbonyl (C=O) groups is 1. The van der Waals surface area contributed by atoms with Gasteiger partial charge in [0.1, 0.15) is 11.5 Å². The number of hydrogen-bond donors (Lipinski definition) is 0. The number of halogens is 1. The highest BCUT2D eigenvalue weighted by atomic mass is 19.1. The summed E-state index contributed by atoms with van der Waals surface area (Å²) in [6.07, 6.45) is 0.838. The molecule has 0 aliphatic carbocycles. The molecule has 0 saturated carbocycles. The lowest BCUT2D eigenvalue weighted by Gasteiger charge is -2.20. The lowest BCUT2D eigenvalue weighted by Crippen LogP contribution is -2.29. The van der Waals surface area contributed by atoms with Gasteiger partial charge in [0.05, 0.1) is 6.54 Å². The summed E-state index contributed by atoms with van der Waals surface area (Å²) in [5, 5.41) is 0. The Labute approximate surface area is 166 Å². The summed E-state index contributed by atoms with van der Waals surface area (Å²) in [5.41, 5.74) is 5.49. The zero-order chi connectivity index (χ0) is 20.3. The Hall–Kier alpha value is -2.88. The maximum absolute atomic E-state index is 14.3. The van der Waals surface area contributed by atoms with Crippen LogP contribution in [0.5, 0.6) is 0 Å². The van der Waals surface area contributed by atoms with Crippen molar-refractivity contribution < 1.29 is 9.18 Å². The van der Waals surface area contributed by atoms with Gasteiger partial charge in [-0.3, -0.25) is 4.79 Å². The Bertz CT molecular complexity index is 976. The van der Waals surface area contributed by atoms with Crippen LogP contribution >= 0.6 is 0 Å². The molecule has 3 nitrogen and oxygen atoms in total. The van der Waals surface area contributed by atoms with E-state index in [1.54, 1.807) is 17.0 Å². The largest absolute Gasteiger partial charge is 0.336 e. The molecule has 0 saturated heterocycles. The Morgan fingerprint density at radius 2 is 1.68 bits per heavy atom. The molecule has 28 heavy (non-hydrogen) atoms. The van der Waals surface area contributed by atoms with Crippen LogP contribution in [0.4, 0.5) is 4.39 Å². The Kier molecular flexibility index (Phi) is 5.98. The quantitative estimate of drug-likeness (QED) is 0.584. The van der Waals surface area contributed by atoms with Crippen LogP contribution in [-0.4, -0.2) is 22.4 Å². The molecule has 4 heteroatoms. The molecular formula is C24H27FN2O. The summed E-state index contributed by atoms with van der Waals surface area (Å²) >= 11 is 0. The van der Waals surface area contributed by atoms with Gasteiger partial charge in [-0.1, -0.05) is 55.5 Å². The fraction of sp³-hybridized carbons (Fsp3) is 0.292. The van der Waals surface area contributed by atoms with Crippen LogP contribution in [0.1, 0.15) is 45.4 Å². The van der Waals surface area contributed by atoms with Crippen molar-refractivity contribution in [3.63, 3.8) is 0 Å². The highest BCUT2D eigenvalue weighted by Gasteiger charge is 2.25. The molecule has 0 N–H and O–H groups in total. The van der Waals surface area contributed by atoms with Crippen molar-refractivity contribution in [3.8, 4) is 0 Å². The Balaban J connectivity index is 1.99. The lowest BCUT2D eigenvalue weighted by atomic mass is 10.1. The molecular weight excluding hydrogens is 351 g/mol. The van der Waals surface area contributed by atoms with Crippen molar-refractivity contribution in [2.45, 2.75) is 40.3 Å². The van der Waals surface area contributed by atoms with E-state index in [2.05, 4.69) is 6.92 Å². The Morgan fingerprint density at radius 3 is 2.32 bits per heavy atom. The van der Waals surface area contributed by atoms with Crippen LogP contribution in [0.3, 0.4) is 0 Å². The second-order valence-electron chi connectivity index (χ2n) is 7.22. The van der Waals surface area contributed by atoms with Crippen molar-refractivity contribution in [1.82, 2.24) is 9.47 Å². The van der Waals surface area contributed by atoms with Crippen LogP contribution in [0.25, 0.3) is 0 Å². The number of hydrogen-bond acceptors (Lipinski definition) is 1. The highest BCUT2D eigenvalue weighted by Crippen LogP contribution is 2.26. The van der Waals surface area contributed by atoms with Crippen molar-refractivity contribution >= 4 is 5.91 Å². The second kappa shape index (κ2) is 8.42. The normalized spacial score (nSPS) is 10.9. The van der Waals surface area contributed by atoms with E-state index in [-0.39, 0.29) is 11.7 Å². The summed E-state index contributed by atoms with van der Waals surface area (Å²) in [6.45, 7) is 6.97. The molecule has 3 aromatic rings. The molecule has 0 spiro atoms. The van der Waals surface area contributed by atoms with Crippen molar-refractivity contribution in [2.75, 3.05) is 7.05 Å².